The van der Waals surface area contributed by atoms with Crippen molar-refractivity contribution < 1.29 is 4.79 Å². The second kappa shape index (κ2) is 4.11. The van der Waals surface area contributed by atoms with E-state index in [1.807, 2.05) is 0 Å². The molecule has 4 atom stereocenters. The van der Waals surface area contributed by atoms with Crippen LogP contribution in [0, 0.1) is 23.7 Å². The molecule has 2 aliphatic carbocycles. The van der Waals surface area contributed by atoms with E-state index in [1.165, 1.54) is 18.4 Å². The van der Waals surface area contributed by atoms with Crippen molar-refractivity contribution in [2.45, 2.75) is 46.0 Å². The Bertz CT molecular complexity index is 279. The Hall–Kier alpha value is -0.590. The third-order valence-electron chi connectivity index (χ3n) is 4.58. The molecule has 1 heteroatoms. The van der Waals surface area contributed by atoms with E-state index in [0.29, 0.717) is 17.6 Å². The van der Waals surface area contributed by atoms with Gasteiger partial charge in [0, 0.05) is 12.8 Å². The SMILES string of the molecule is C=C(C)[C@@H]1CC[C@@H](C)[C@@H]2CCC(=O)C[C@H]21. The van der Waals surface area contributed by atoms with E-state index < -0.39 is 0 Å². The van der Waals surface area contributed by atoms with Crippen LogP contribution < -0.4 is 0 Å². The molecule has 0 amide bonds. The van der Waals surface area contributed by atoms with E-state index in [2.05, 4.69) is 20.4 Å². The Morgan fingerprint density at radius 3 is 2.67 bits per heavy atom. The molecule has 0 aromatic carbocycles. The van der Waals surface area contributed by atoms with Crippen molar-refractivity contribution in [3.05, 3.63) is 12.2 Å². The first kappa shape index (κ1) is 10.9. The maximum Gasteiger partial charge on any atom is 0.133 e. The summed E-state index contributed by atoms with van der Waals surface area (Å²) in [5.41, 5.74) is 1.30. The van der Waals surface area contributed by atoms with Gasteiger partial charge in [-0.15, -0.1) is 0 Å². The lowest BCUT2D eigenvalue weighted by Crippen LogP contribution is -2.38. The predicted octanol–water partition coefficient (Wildman–Crippen LogP) is 3.59. The van der Waals surface area contributed by atoms with E-state index in [9.17, 15) is 4.79 Å². The van der Waals surface area contributed by atoms with Gasteiger partial charge in [0.15, 0.2) is 0 Å². The van der Waals surface area contributed by atoms with Gasteiger partial charge in [0.2, 0.25) is 0 Å². The molecule has 0 aromatic heterocycles. The van der Waals surface area contributed by atoms with Gasteiger partial charge in [-0.3, -0.25) is 4.79 Å². The monoisotopic (exact) mass is 206 g/mol. The molecular formula is C14H22O. The molecule has 1 nitrogen and oxygen atoms in total. The summed E-state index contributed by atoms with van der Waals surface area (Å²) in [6, 6.07) is 0. The molecule has 0 aliphatic heterocycles. The fraction of sp³-hybridized carbons (Fsp3) is 0.786. The Balaban J connectivity index is 2.17. The highest BCUT2D eigenvalue weighted by Gasteiger charge is 2.40. The minimum Gasteiger partial charge on any atom is -0.300 e. The summed E-state index contributed by atoms with van der Waals surface area (Å²) in [5.74, 6) is 3.33. The lowest BCUT2D eigenvalue weighted by atomic mass is 9.60. The van der Waals surface area contributed by atoms with Gasteiger partial charge in [-0.1, -0.05) is 19.1 Å². The number of rotatable bonds is 1. The zero-order valence-electron chi connectivity index (χ0n) is 9.96. The van der Waals surface area contributed by atoms with E-state index in [4.69, 9.17) is 0 Å². The second-order valence-electron chi connectivity index (χ2n) is 5.62. The van der Waals surface area contributed by atoms with Crippen LogP contribution >= 0.6 is 0 Å². The van der Waals surface area contributed by atoms with Crippen LogP contribution in [0.3, 0.4) is 0 Å². The normalized spacial score (nSPS) is 41.1. The Kier molecular flexibility index (Phi) is 2.99. The number of Topliss-reactive ketones (excluding diaryl/α,β-unsaturated/α-hetero) is 1. The molecule has 2 aliphatic rings. The van der Waals surface area contributed by atoms with Crippen LogP contribution in [0.15, 0.2) is 12.2 Å². The zero-order chi connectivity index (χ0) is 11.0. The van der Waals surface area contributed by atoms with Crippen LogP contribution in [0.1, 0.15) is 46.0 Å². The Morgan fingerprint density at radius 1 is 1.27 bits per heavy atom. The maximum atomic E-state index is 11.6. The van der Waals surface area contributed by atoms with Gasteiger partial charge in [-0.2, -0.15) is 0 Å². The van der Waals surface area contributed by atoms with Crippen LogP contribution in [-0.4, -0.2) is 5.78 Å². The fourth-order valence-corrected chi connectivity index (χ4v) is 3.69. The molecule has 0 heterocycles. The highest BCUT2D eigenvalue weighted by atomic mass is 16.1. The summed E-state index contributed by atoms with van der Waals surface area (Å²) >= 11 is 0. The molecule has 2 fully saturated rings. The van der Waals surface area contributed by atoms with Gasteiger partial charge in [0.1, 0.15) is 5.78 Å². The highest BCUT2D eigenvalue weighted by molar-refractivity contribution is 5.79. The quantitative estimate of drug-likeness (QED) is 0.599. The van der Waals surface area contributed by atoms with Gasteiger partial charge in [0.25, 0.3) is 0 Å². The van der Waals surface area contributed by atoms with Gasteiger partial charge in [-0.05, 0) is 49.9 Å². The summed E-state index contributed by atoms with van der Waals surface area (Å²) < 4.78 is 0. The minimum absolute atomic E-state index is 0.483. The van der Waals surface area contributed by atoms with Crippen molar-refractivity contribution in [2.24, 2.45) is 23.7 Å². The van der Waals surface area contributed by atoms with Crippen molar-refractivity contribution in [3.8, 4) is 0 Å². The molecule has 0 saturated heterocycles. The van der Waals surface area contributed by atoms with Crippen LogP contribution in [-0.2, 0) is 4.79 Å². The van der Waals surface area contributed by atoms with Crippen molar-refractivity contribution in [1.82, 2.24) is 0 Å². The third-order valence-corrected chi connectivity index (χ3v) is 4.58. The summed E-state index contributed by atoms with van der Waals surface area (Å²) in [7, 11) is 0. The summed E-state index contributed by atoms with van der Waals surface area (Å²) in [4.78, 5) is 11.6. The number of hydrogen-bond acceptors (Lipinski definition) is 1. The molecule has 84 valence electrons. The third kappa shape index (κ3) is 2.02. The molecule has 0 unspecified atom stereocenters. The van der Waals surface area contributed by atoms with Crippen LogP contribution in [0.25, 0.3) is 0 Å². The van der Waals surface area contributed by atoms with Gasteiger partial charge in [-0.25, -0.2) is 0 Å². The van der Waals surface area contributed by atoms with Crippen LogP contribution in [0.5, 0.6) is 0 Å². The number of hydrogen-bond donors (Lipinski definition) is 0. The topological polar surface area (TPSA) is 17.1 Å². The van der Waals surface area contributed by atoms with Crippen LogP contribution in [0.2, 0.25) is 0 Å². The maximum absolute atomic E-state index is 11.6. The molecule has 15 heavy (non-hydrogen) atoms. The lowest BCUT2D eigenvalue weighted by molar-refractivity contribution is -0.124. The molecule has 0 spiro atoms. The molecule has 0 N–H and O–H groups in total. The molecular weight excluding hydrogens is 184 g/mol. The number of allylic oxidation sites excluding steroid dienone is 1. The lowest BCUT2D eigenvalue weighted by Gasteiger charge is -2.44. The summed E-state index contributed by atoms with van der Waals surface area (Å²) in [5, 5.41) is 0. The smallest absolute Gasteiger partial charge is 0.133 e. The summed E-state index contributed by atoms with van der Waals surface area (Å²) in [6.45, 7) is 8.61. The van der Waals surface area contributed by atoms with Crippen molar-refractivity contribution in [1.29, 1.82) is 0 Å². The van der Waals surface area contributed by atoms with Gasteiger partial charge in [0.05, 0.1) is 0 Å². The standard InChI is InChI=1S/C14H22O/c1-9(2)12-6-4-10(3)13-7-5-11(15)8-14(12)13/h10,12-14H,1,4-8H2,2-3H3/t10-,12+,13+,14+/m1/s1. The largest absolute Gasteiger partial charge is 0.300 e. The molecule has 0 radical (unpaired) electrons. The Morgan fingerprint density at radius 2 is 2.00 bits per heavy atom. The first-order chi connectivity index (χ1) is 7.09. The summed E-state index contributed by atoms with van der Waals surface area (Å²) in [6.07, 6.45) is 5.37. The molecule has 2 saturated carbocycles. The second-order valence-corrected chi connectivity index (χ2v) is 5.62. The highest BCUT2D eigenvalue weighted by Crippen LogP contribution is 2.47. The van der Waals surface area contributed by atoms with Crippen molar-refractivity contribution in [3.63, 3.8) is 0 Å². The predicted molar refractivity (Wildman–Crippen MR) is 62.5 cm³/mol. The Labute approximate surface area is 92.9 Å². The number of ketones is 1. The minimum atomic E-state index is 0.483. The van der Waals surface area contributed by atoms with E-state index >= 15 is 0 Å². The fourth-order valence-electron chi connectivity index (χ4n) is 3.69. The van der Waals surface area contributed by atoms with Gasteiger partial charge >= 0.3 is 0 Å². The van der Waals surface area contributed by atoms with E-state index in [1.54, 1.807) is 0 Å². The number of carbonyl (C=O) groups is 1. The van der Waals surface area contributed by atoms with Crippen molar-refractivity contribution in [2.75, 3.05) is 0 Å². The first-order valence-electron chi connectivity index (χ1n) is 6.26. The number of fused-ring (bicyclic) bond motifs is 1. The number of carbonyl (C=O) groups excluding carboxylic acids is 1. The first-order valence-corrected chi connectivity index (χ1v) is 6.26. The van der Waals surface area contributed by atoms with E-state index in [-0.39, 0.29) is 0 Å². The molecule has 0 aromatic rings. The van der Waals surface area contributed by atoms with Crippen LogP contribution in [0.4, 0.5) is 0 Å². The average molecular weight is 206 g/mol. The van der Waals surface area contributed by atoms with E-state index in [0.717, 1.165) is 31.1 Å². The van der Waals surface area contributed by atoms with Gasteiger partial charge < -0.3 is 0 Å². The van der Waals surface area contributed by atoms with Crippen molar-refractivity contribution >= 4 is 5.78 Å². The average Bonchev–Trinajstić information content (AvgIpc) is 2.17. The molecule has 0 bridgehead atoms. The zero-order valence-corrected chi connectivity index (χ0v) is 9.96. The molecule has 2 rings (SSSR count).